The molecule has 0 aliphatic rings. The Kier molecular flexibility index (Phi) is 5.15. The van der Waals surface area contributed by atoms with Crippen LogP contribution in [0.15, 0.2) is 41.4 Å². The van der Waals surface area contributed by atoms with E-state index in [0.29, 0.717) is 16.0 Å². The van der Waals surface area contributed by atoms with Crippen LogP contribution in [0, 0.1) is 15.9 Å². The number of carbonyl (C=O) groups excluding carboxylic acids is 1. The van der Waals surface area contributed by atoms with Gasteiger partial charge in [-0.3, -0.25) is 14.9 Å². The third-order valence-electron chi connectivity index (χ3n) is 3.68. The van der Waals surface area contributed by atoms with Crippen molar-refractivity contribution in [2.45, 2.75) is 19.9 Å². The number of rotatable bonds is 4. The van der Waals surface area contributed by atoms with Gasteiger partial charge in [0.2, 0.25) is 0 Å². The Bertz CT molecular complexity index is 1090. The summed E-state index contributed by atoms with van der Waals surface area (Å²) in [6.45, 7) is 2.57. The lowest BCUT2D eigenvalue weighted by Gasteiger charge is -2.03. The van der Waals surface area contributed by atoms with Crippen molar-refractivity contribution in [2.24, 2.45) is 4.99 Å². The van der Waals surface area contributed by atoms with E-state index in [2.05, 4.69) is 4.99 Å². The smallest absolute Gasteiger partial charge is 0.281 e. The number of aromatic nitrogens is 1. The van der Waals surface area contributed by atoms with Crippen LogP contribution in [0.3, 0.4) is 0 Å². The van der Waals surface area contributed by atoms with Gasteiger partial charge in [0, 0.05) is 18.7 Å². The average molecular weight is 394 g/mol. The van der Waals surface area contributed by atoms with Crippen molar-refractivity contribution in [3.63, 3.8) is 0 Å². The summed E-state index contributed by atoms with van der Waals surface area (Å²) in [6, 6.07) is 7.99. The summed E-state index contributed by atoms with van der Waals surface area (Å²) in [4.78, 5) is 27.3. The number of carbonyl (C=O) groups is 1. The Labute approximate surface area is 156 Å². The van der Waals surface area contributed by atoms with E-state index < -0.39 is 10.8 Å². The molecule has 3 rings (SSSR count). The first-order valence-electron chi connectivity index (χ1n) is 7.72. The summed E-state index contributed by atoms with van der Waals surface area (Å²) in [5, 5.41) is 11.0. The molecule has 1 amide bonds. The highest BCUT2D eigenvalue weighted by molar-refractivity contribution is 7.16. The van der Waals surface area contributed by atoms with E-state index in [4.69, 9.17) is 11.6 Å². The molecule has 2 aromatic carbocycles. The normalized spacial score (nSPS) is 11.9. The summed E-state index contributed by atoms with van der Waals surface area (Å²) in [5.41, 5.74) is 0.482. The SMILES string of the molecule is CCCn1c(=NC(=O)c2cc([N+](=O)[O-])ccc2Cl)sc2cc(F)ccc21. The number of halogens is 2. The summed E-state index contributed by atoms with van der Waals surface area (Å²) in [7, 11) is 0. The number of hydrogen-bond acceptors (Lipinski definition) is 4. The third-order valence-corrected chi connectivity index (χ3v) is 5.05. The Balaban J connectivity index is 2.15. The lowest BCUT2D eigenvalue weighted by Crippen LogP contribution is -2.17. The molecule has 0 fully saturated rings. The first-order valence-corrected chi connectivity index (χ1v) is 8.92. The maximum absolute atomic E-state index is 13.5. The highest BCUT2D eigenvalue weighted by Crippen LogP contribution is 2.23. The van der Waals surface area contributed by atoms with Gasteiger partial charge in [-0.25, -0.2) is 4.39 Å². The molecule has 0 saturated carbocycles. The molecule has 3 aromatic rings. The van der Waals surface area contributed by atoms with E-state index in [1.165, 1.54) is 35.6 Å². The largest absolute Gasteiger partial charge is 0.316 e. The van der Waals surface area contributed by atoms with Crippen LogP contribution in [-0.2, 0) is 6.54 Å². The van der Waals surface area contributed by atoms with Gasteiger partial charge in [-0.2, -0.15) is 4.99 Å². The predicted octanol–water partition coefficient (Wildman–Crippen LogP) is 4.55. The minimum Gasteiger partial charge on any atom is -0.316 e. The van der Waals surface area contributed by atoms with Crippen LogP contribution < -0.4 is 4.80 Å². The summed E-state index contributed by atoms with van der Waals surface area (Å²) >= 11 is 7.18. The van der Waals surface area contributed by atoms with Gasteiger partial charge in [-0.15, -0.1) is 0 Å². The topological polar surface area (TPSA) is 77.5 Å². The molecule has 9 heteroatoms. The number of aryl methyl sites for hydroxylation is 1. The Morgan fingerprint density at radius 1 is 1.35 bits per heavy atom. The number of nitro benzene ring substituents is 1. The molecule has 6 nitrogen and oxygen atoms in total. The highest BCUT2D eigenvalue weighted by Gasteiger charge is 2.16. The number of benzene rings is 2. The molecule has 0 N–H and O–H groups in total. The lowest BCUT2D eigenvalue weighted by atomic mass is 10.2. The molecule has 26 heavy (non-hydrogen) atoms. The molecule has 0 aliphatic carbocycles. The van der Waals surface area contributed by atoms with Crippen molar-refractivity contribution in [3.8, 4) is 0 Å². The predicted molar refractivity (Wildman–Crippen MR) is 98.1 cm³/mol. The van der Waals surface area contributed by atoms with Crippen molar-refractivity contribution in [3.05, 3.63) is 67.7 Å². The van der Waals surface area contributed by atoms with Gasteiger partial charge in [0.25, 0.3) is 11.6 Å². The van der Waals surface area contributed by atoms with Gasteiger partial charge in [0.1, 0.15) is 5.82 Å². The van der Waals surface area contributed by atoms with Crippen molar-refractivity contribution >= 4 is 44.7 Å². The van der Waals surface area contributed by atoms with Crippen LogP contribution in [0.4, 0.5) is 10.1 Å². The maximum Gasteiger partial charge on any atom is 0.281 e. The minimum atomic E-state index is -0.685. The van der Waals surface area contributed by atoms with E-state index in [1.54, 1.807) is 6.07 Å². The van der Waals surface area contributed by atoms with Gasteiger partial charge < -0.3 is 4.57 Å². The minimum absolute atomic E-state index is 0.0486. The van der Waals surface area contributed by atoms with Crippen LogP contribution in [-0.4, -0.2) is 15.4 Å². The molecular weight excluding hydrogens is 381 g/mol. The van der Waals surface area contributed by atoms with E-state index in [9.17, 15) is 19.3 Å². The van der Waals surface area contributed by atoms with E-state index in [1.807, 2.05) is 11.5 Å². The van der Waals surface area contributed by atoms with Gasteiger partial charge >= 0.3 is 0 Å². The standard InChI is InChI=1S/C17H13ClFN3O3S/c1-2-7-21-14-6-3-10(19)8-15(14)26-17(21)20-16(23)12-9-11(22(24)25)4-5-13(12)18/h3-6,8-9H,2,7H2,1H3. The number of fused-ring (bicyclic) bond motifs is 1. The fourth-order valence-corrected chi connectivity index (χ4v) is 3.79. The fourth-order valence-electron chi connectivity index (χ4n) is 2.51. The number of thiazole rings is 1. The lowest BCUT2D eigenvalue weighted by molar-refractivity contribution is -0.384. The second-order valence-corrected chi connectivity index (χ2v) is 6.90. The molecule has 0 atom stereocenters. The number of amides is 1. The molecular formula is C17H13ClFN3O3S. The van der Waals surface area contributed by atoms with Crippen molar-refractivity contribution in [2.75, 3.05) is 0 Å². The second kappa shape index (κ2) is 7.35. The zero-order valence-electron chi connectivity index (χ0n) is 13.6. The van der Waals surface area contributed by atoms with Crippen LogP contribution in [0.2, 0.25) is 5.02 Å². The van der Waals surface area contributed by atoms with Crippen LogP contribution in [0.5, 0.6) is 0 Å². The zero-order valence-corrected chi connectivity index (χ0v) is 15.2. The van der Waals surface area contributed by atoms with Crippen molar-refractivity contribution in [1.29, 1.82) is 0 Å². The second-order valence-electron chi connectivity index (χ2n) is 5.49. The fraction of sp³-hybridized carbons (Fsp3) is 0.176. The van der Waals surface area contributed by atoms with Gasteiger partial charge in [-0.05, 0) is 30.7 Å². The van der Waals surface area contributed by atoms with Crippen LogP contribution in [0.25, 0.3) is 10.2 Å². The molecule has 0 bridgehead atoms. The third kappa shape index (κ3) is 3.51. The van der Waals surface area contributed by atoms with Gasteiger partial charge in [0.05, 0.1) is 25.7 Å². The maximum atomic E-state index is 13.5. The molecule has 134 valence electrons. The molecule has 0 aliphatic heterocycles. The summed E-state index contributed by atoms with van der Waals surface area (Å²) < 4.78 is 16.0. The number of hydrogen-bond donors (Lipinski definition) is 0. The van der Waals surface area contributed by atoms with E-state index in [0.717, 1.165) is 18.0 Å². The Morgan fingerprint density at radius 2 is 2.12 bits per heavy atom. The monoisotopic (exact) mass is 393 g/mol. The van der Waals surface area contributed by atoms with Gasteiger partial charge in [0.15, 0.2) is 4.80 Å². The summed E-state index contributed by atoms with van der Waals surface area (Å²) in [6.07, 6.45) is 0.794. The molecule has 0 saturated heterocycles. The zero-order chi connectivity index (χ0) is 18.8. The molecule has 0 unspecified atom stereocenters. The first-order chi connectivity index (χ1) is 12.4. The number of nitrogens with zero attached hydrogens (tertiary/aromatic N) is 3. The van der Waals surface area contributed by atoms with Crippen LogP contribution in [0.1, 0.15) is 23.7 Å². The van der Waals surface area contributed by atoms with Crippen LogP contribution >= 0.6 is 22.9 Å². The van der Waals surface area contributed by atoms with E-state index in [-0.39, 0.29) is 22.1 Å². The quantitative estimate of drug-likeness (QED) is 0.481. The summed E-state index contributed by atoms with van der Waals surface area (Å²) in [5.74, 6) is -1.06. The van der Waals surface area contributed by atoms with E-state index >= 15 is 0 Å². The molecule has 1 heterocycles. The Hall–Kier alpha value is -2.58. The highest BCUT2D eigenvalue weighted by atomic mass is 35.5. The molecule has 0 radical (unpaired) electrons. The molecule has 0 spiro atoms. The average Bonchev–Trinajstić information content (AvgIpc) is 2.91. The van der Waals surface area contributed by atoms with Gasteiger partial charge in [-0.1, -0.05) is 29.9 Å². The Morgan fingerprint density at radius 3 is 2.81 bits per heavy atom. The van der Waals surface area contributed by atoms with Crippen molar-refractivity contribution in [1.82, 2.24) is 4.57 Å². The first kappa shape index (κ1) is 18.2. The van der Waals surface area contributed by atoms with Crippen molar-refractivity contribution < 1.29 is 14.1 Å². The number of nitro groups is 1. The molecule has 1 aromatic heterocycles. The number of non-ortho nitro benzene ring substituents is 1.